The van der Waals surface area contributed by atoms with E-state index >= 15 is 0 Å². The number of hydrogen-bond acceptors (Lipinski definition) is 7. The maximum Gasteiger partial charge on any atom is 0.347 e. The van der Waals surface area contributed by atoms with Crippen LogP contribution < -0.4 is 0 Å². The zero-order chi connectivity index (χ0) is 13.5. The van der Waals surface area contributed by atoms with Gasteiger partial charge in [0.2, 0.25) is 13.9 Å². The molecule has 0 aromatic carbocycles. The van der Waals surface area contributed by atoms with Crippen LogP contribution in [0.5, 0.6) is 0 Å². The summed E-state index contributed by atoms with van der Waals surface area (Å²) >= 11 is 0. The maximum atomic E-state index is 11.5. The molecule has 0 N–H and O–H groups in total. The fourth-order valence-electron chi connectivity index (χ4n) is 0.784. The molecule has 0 fully saturated rings. The van der Waals surface area contributed by atoms with Gasteiger partial charge < -0.3 is 9.26 Å². The summed E-state index contributed by atoms with van der Waals surface area (Å²) < 4.78 is 46.9. The van der Waals surface area contributed by atoms with Gasteiger partial charge in [-0.1, -0.05) is 12.7 Å². The van der Waals surface area contributed by atoms with Gasteiger partial charge in [-0.15, -0.1) is 0 Å². The van der Waals surface area contributed by atoms with Crippen LogP contribution in [0.4, 0.5) is 0 Å². The van der Waals surface area contributed by atoms with Gasteiger partial charge in [0.15, 0.2) is 0 Å². The smallest absolute Gasteiger partial charge is 0.347 e. The number of carbonyl (C=O) groups excluding carboxylic acids is 1. The van der Waals surface area contributed by atoms with Crippen molar-refractivity contribution in [1.82, 2.24) is 0 Å². The lowest BCUT2D eigenvalue weighted by Crippen LogP contribution is -2.26. The molecule has 100 valence electrons. The van der Waals surface area contributed by atoms with Crippen molar-refractivity contribution < 1.29 is 31.2 Å². The summed E-state index contributed by atoms with van der Waals surface area (Å²) in [6, 6.07) is 0. The minimum Gasteiger partial charge on any atom is -0.459 e. The molecule has 9 heteroatoms. The molecule has 0 rings (SSSR count). The minimum atomic E-state index is -3.94. The van der Waals surface area contributed by atoms with E-state index in [2.05, 4.69) is 20.0 Å². The predicted octanol–water partition coefficient (Wildman–Crippen LogP) is 0.529. The molecule has 2 atom stereocenters. The Kier molecular flexibility index (Phi) is 7.29. The Labute approximate surface area is 101 Å². The predicted molar refractivity (Wildman–Crippen MR) is 61.5 cm³/mol. The van der Waals surface area contributed by atoms with Crippen LogP contribution in [0.15, 0.2) is 12.7 Å². The molecular weight excluding hydrogens is 271 g/mol. The maximum absolute atomic E-state index is 11.5. The highest BCUT2D eigenvalue weighted by Crippen LogP contribution is 2.32. The lowest BCUT2D eigenvalue weighted by atomic mass is 10.6. The fourth-order valence-corrected chi connectivity index (χ4v) is 2.76. The van der Waals surface area contributed by atoms with Crippen LogP contribution in [-0.4, -0.2) is 39.7 Å². The number of rotatable bonds is 8. The highest BCUT2D eigenvalue weighted by atomic mass is 32.2. The summed E-state index contributed by atoms with van der Waals surface area (Å²) in [5.41, 5.74) is 0. The van der Waals surface area contributed by atoms with Crippen LogP contribution in [0.1, 0.15) is 6.92 Å². The zero-order valence-corrected chi connectivity index (χ0v) is 11.4. The first-order valence-electron chi connectivity index (χ1n) is 4.64. The normalized spacial score (nSPS) is 14.9. The third-order valence-electron chi connectivity index (χ3n) is 1.33. The van der Waals surface area contributed by atoms with Gasteiger partial charge in [0.1, 0.15) is 6.61 Å². The van der Waals surface area contributed by atoms with Crippen molar-refractivity contribution in [2.24, 2.45) is 0 Å². The van der Waals surface area contributed by atoms with Gasteiger partial charge in [0, 0.05) is 0 Å². The van der Waals surface area contributed by atoms with E-state index in [0.29, 0.717) is 0 Å². The van der Waals surface area contributed by atoms with Crippen molar-refractivity contribution in [3.63, 3.8) is 0 Å². The van der Waals surface area contributed by atoms with Gasteiger partial charge in [-0.2, -0.15) is 8.42 Å². The van der Waals surface area contributed by atoms with Gasteiger partial charge in [0.25, 0.3) is 10.1 Å². The molecule has 0 aliphatic carbocycles. The van der Waals surface area contributed by atoms with Crippen molar-refractivity contribution in [3.05, 3.63) is 12.7 Å². The summed E-state index contributed by atoms with van der Waals surface area (Å²) in [7, 11) is -6.94. The third kappa shape index (κ3) is 7.27. The topological polar surface area (TPSA) is 96.0 Å². The van der Waals surface area contributed by atoms with E-state index < -0.39 is 30.0 Å². The first-order valence-corrected chi connectivity index (χ1v) is 7.85. The average molecular weight is 286 g/mol. The highest BCUT2D eigenvalue weighted by Gasteiger charge is 2.31. The molecule has 0 heterocycles. The van der Waals surface area contributed by atoms with E-state index in [9.17, 15) is 17.8 Å². The SMILES string of the molecule is C=CCOC(=O)C(OS(C)(=O)=O)[PH](=O)OCC. The first-order chi connectivity index (χ1) is 7.81. The molecule has 0 saturated carbocycles. The number of esters is 1. The Morgan fingerprint density at radius 3 is 2.53 bits per heavy atom. The van der Waals surface area contributed by atoms with E-state index in [1.165, 1.54) is 6.08 Å². The Bertz CT molecular complexity index is 389. The van der Waals surface area contributed by atoms with Crippen molar-refractivity contribution >= 4 is 24.1 Å². The molecule has 0 aliphatic rings. The molecule has 0 radical (unpaired) electrons. The van der Waals surface area contributed by atoms with Crippen molar-refractivity contribution in [3.8, 4) is 0 Å². The van der Waals surface area contributed by atoms with Gasteiger partial charge >= 0.3 is 5.97 Å². The third-order valence-corrected chi connectivity index (χ3v) is 3.40. The number of hydrogen-bond donors (Lipinski definition) is 0. The molecule has 7 nitrogen and oxygen atoms in total. The Morgan fingerprint density at radius 1 is 1.53 bits per heavy atom. The quantitative estimate of drug-likeness (QED) is 0.278. The summed E-state index contributed by atoms with van der Waals surface area (Å²) in [6.07, 6.45) is 2.02. The van der Waals surface area contributed by atoms with Crippen LogP contribution >= 0.6 is 8.03 Å². The summed E-state index contributed by atoms with van der Waals surface area (Å²) in [5.74, 6) is -2.82. The van der Waals surface area contributed by atoms with Crippen LogP contribution in [0.3, 0.4) is 0 Å². The monoisotopic (exact) mass is 286 g/mol. The second kappa shape index (κ2) is 7.60. The second-order valence-corrected chi connectivity index (χ2v) is 5.90. The molecule has 0 spiro atoms. The van der Waals surface area contributed by atoms with Gasteiger partial charge in [-0.25, -0.2) is 8.98 Å². The zero-order valence-electron chi connectivity index (χ0n) is 9.54. The largest absolute Gasteiger partial charge is 0.459 e. The molecule has 17 heavy (non-hydrogen) atoms. The molecule has 0 aromatic heterocycles. The lowest BCUT2D eigenvalue weighted by Gasteiger charge is -2.14. The summed E-state index contributed by atoms with van der Waals surface area (Å²) in [4.78, 5) is 11.4. The Balaban J connectivity index is 4.77. The molecule has 0 amide bonds. The van der Waals surface area contributed by atoms with Gasteiger partial charge in [-0.3, -0.25) is 4.57 Å². The molecule has 2 unspecified atom stereocenters. The standard InChI is InChI=1S/C8H15O7PS/c1-4-6-13-7(9)8(15-17(3,11)12)16(10)14-5-2/h4,8,16H,1,5-6H2,2-3H3. The second-order valence-electron chi connectivity index (χ2n) is 2.85. The minimum absolute atomic E-state index is 0.0656. The summed E-state index contributed by atoms with van der Waals surface area (Å²) in [6.45, 7) is 4.79. The number of ether oxygens (including phenoxy) is 1. The molecule has 0 bridgehead atoms. The highest BCUT2D eigenvalue weighted by molar-refractivity contribution is 7.86. The van der Waals surface area contributed by atoms with Crippen molar-refractivity contribution in [2.45, 2.75) is 12.8 Å². The Morgan fingerprint density at radius 2 is 2.12 bits per heavy atom. The van der Waals surface area contributed by atoms with Gasteiger partial charge in [-0.05, 0) is 6.92 Å². The number of carbonyl (C=O) groups is 1. The van der Waals surface area contributed by atoms with E-state index in [0.717, 1.165) is 6.26 Å². The van der Waals surface area contributed by atoms with Crippen LogP contribution in [0, 0.1) is 0 Å². The molecule has 0 saturated heterocycles. The van der Waals surface area contributed by atoms with Crippen LogP contribution in [0.2, 0.25) is 0 Å². The van der Waals surface area contributed by atoms with E-state index in [1.807, 2.05) is 0 Å². The van der Waals surface area contributed by atoms with E-state index in [4.69, 9.17) is 0 Å². The van der Waals surface area contributed by atoms with Crippen LogP contribution in [0.25, 0.3) is 0 Å². The average Bonchev–Trinajstić information content (AvgIpc) is 2.21. The van der Waals surface area contributed by atoms with E-state index in [1.54, 1.807) is 6.92 Å². The molecular formula is C8H15O7PS. The van der Waals surface area contributed by atoms with Crippen molar-refractivity contribution in [1.29, 1.82) is 0 Å². The lowest BCUT2D eigenvalue weighted by molar-refractivity contribution is -0.146. The van der Waals surface area contributed by atoms with E-state index in [-0.39, 0.29) is 13.2 Å². The van der Waals surface area contributed by atoms with Crippen LogP contribution in [-0.2, 0) is 32.9 Å². The Hall–Kier alpha value is -0.690. The summed E-state index contributed by atoms with van der Waals surface area (Å²) in [5, 5.41) is 0. The molecule has 0 aliphatic heterocycles. The van der Waals surface area contributed by atoms with Crippen molar-refractivity contribution in [2.75, 3.05) is 19.5 Å². The fraction of sp³-hybridized carbons (Fsp3) is 0.625. The van der Waals surface area contributed by atoms with Gasteiger partial charge in [0.05, 0.1) is 12.9 Å². The first kappa shape index (κ1) is 16.3. The molecule has 0 aromatic rings.